The van der Waals surface area contributed by atoms with E-state index in [1.807, 2.05) is 12.1 Å². The minimum atomic E-state index is 0.701. The predicted octanol–water partition coefficient (Wildman–Crippen LogP) is 3.30. The molecule has 1 aromatic heterocycles. The maximum atomic E-state index is 4.14. The first-order chi connectivity index (χ1) is 6.24. The summed E-state index contributed by atoms with van der Waals surface area (Å²) < 4.78 is 0.887. The Kier molecular flexibility index (Phi) is 4.22. The highest BCUT2D eigenvalue weighted by atomic mass is 79.9. The molecule has 0 aliphatic rings. The molecule has 2 nitrogen and oxygen atoms in total. The summed E-state index contributed by atoms with van der Waals surface area (Å²) in [5.41, 5.74) is 1.07. The number of hydrogen-bond donors (Lipinski definition) is 1. The minimum absolute atomic E-state index is 0.701. The van der Waals surface area contributed by atoms with Crippen LogP contribution in [-0.2, 0) is 0 Å². The highest BCUT2D eigenvalue weighted by molar-refractivity contribution is 9.10. The van der Waals surface area contributed by atoms with Gasteiger partial charge in [0.15, 0.2) is 0 Å². The van der Waals surface area contributed by atoms with Crippen molar-refractivity contribution in [2.75, 3.05) is 11.9 Å². The zero-order valence-electron chi connectivity index (χ0n) is 8.05. The van der Waals surface area contributed by atoms with E-state index in [2.05, 4.69) is 40.1 Å². The van der Waals surface area contributed by atoms with Crippen molar-refractivity contribution in [2.24, 2.45) is 5.92 Å². The molecule has 3 heteroatoms. The summed E-state index contributed by atoms with van der Waals surface area (Å²) >= 11 is 3.39. The van der Waals surface area contributed by atoms with Crippen LogP contribution in [0.4, 0.5) is 5.69 Å². The number of nitrogens with one attached hydrogen (secondary N) is 1. The van der Waals surface area contributed by atoms with Gasteiger partial charge in [-0.1, -0.05) is 20.3 Å². The van der Waals surface area contributed by atoms with Gasteiger partial charge in [0.25, 0.3) is 0 Å². The fourth-order valence-corrected chi connectivity index (χ4v) is 1.34. The molecule has 0 radical (unpaired) electrons. The number of anilines is 1. The third-order valence-corrected chi connectivity index (χ3v) is 2.73. The summed E-state index contributed by atoms with van der Waals surface area (Å²) in [4.78, 5) is 4.14. The second kappa shape index (κ2) is 5.22. The first-order valence-electron chi connectivity index (χ1n) is 4.58. The number of nitrogens with zero attached hydrogens (tertiary/aromatic N) is 1. The van der Waals surface area contributed by atoms with E-state index < -0.39 is 0 Å². The lowest BCUT2D eigenvalue weighted by molar-refractivity contribution is 0.593. The molecule has 0 aromatic carbocycles. The van der Waals surface area contributed by atoms with E-state index in [9.17, 15) is 0 Å². The van der Waals surface area contributed by atoms with Crippen LogP contribution in [-0.4, -0.2) is 11.5 Å². The zero-order chi connectivity index (χ0) is 9.68. The van der Waals surface area contributed by atoms with E-state index in [1.54, 1.807) is 6.20 Å². The molecule has 0 aliphatic heterocycles. The molecular formula is C10H15BrN2. The van der Waals surface area contributed by atoms with E-state index in [-0.39, 0.29) is 0 Å². The Hall–Kier alpha value is -0.570. The molecule has 72 valence electrons. The van der Waals surface area contributed by atoms with E-state index in [0.29, 0.717) is 5.92 Å². The lowest BCUT2D eigenvalue weighted by Gasteiger charge is -2.11. The van der Waals surface area contributed by atoms with Crippen molar-refractivity contribution >= 4 is 21.6 Å². The van der Waals surface area contributed by atoms with Gasteiger partial charge in [-0.05, 0) is 34.0 Å². The molecule has 0 amide bonds. The van der Waals surface area contributed by atoms with Crippen molar-refractivity contribution < 1.29 is 0 Å². The largest absolute Gasteiger partial charge is 0.383 e. The molecule has 0 spiro atoms. The summed E-state index contributed by atoms with van der Waals surface area (Å²) in [5, 5.41) is 3.35. The highest BCUT2D eigenvalue weighted by Crippen LogP contribution is 2.18. The number of halogens is 1. The average Bonchev–Trinajstić information content (AvgIpc) is 2.16. The van der Waals surface area contributed by atoms with Crippen molar-refractivity contribution in [1.29, 1.82) is 0 Å². The summed E-state index contributed by atoms with van der Waals surface area (Å²) in [6.45, 7) is 5.43. The molecule has 0 bridgehead atoms. The third-order valence-electron chi connectivity index (χ3n) is 2.10. The molecule has 1 N–H and O–H groups in total. The topological polar surface area (TPSA) is 24.9 Å². The standard InChI is InChI=1S/C10H15BrN2/c1-3-8(2)7-13-9-5-4-6-12-10(9)11/h4-6,8,13H,3,7H2,1-2H3. The van der Waals surface area contributed by atoms with Crippen LogP contribution in [0.15, 0.2) is 22.9 Å². The zero-order valence-corrected chi connectivity index (χ0v) is 9.63. The van der Waals surface area contributed by atoms with Gasteiger partial charge in [0.2, 0.25) is 0 Å². The molecule has 0 saturated carbocycles. The maximum absolute atomic E-state index is 4.14. The van der Waals surface area contributed by atoms with Gasteiger partial charge < -0.3 is 5.32 Å². The number of pyridine rings is 1. The van der Waals surface area contributed by atoms with Crippen LogP contribution >= 0.6 is 15.9 Å². The highest BCUT2D eigenvalue weighted by Gasteiger charge is 2.01. The summed E-state index contributed by atoms with van der Waals surface area (Å²) in [6, 6.07) is 3.96. The van der Waals surface area contributed by atoms with Gasteiger partial charge >= 0.3 is 0 Å². The van der Waals surface area contributed by atoms with Gasteiger partial charge in [-0.25, -0.2) is 4.98 Å². The number of hydrogen-bond acceptors (Lipinski definition) is 2. The summed E-state index contributed by atoms with van der Waals surface area (Å²) in [5.74, 6) is 0.701. The van der Waals surface area contributed by atoms with Crippen molar-refractivity contribution in [3.05, 3.63) is 22.9 Å². The van der Waals surface area contributed by atoms with Crippen molar-refractivity contribution in [3.8, 4) is 0 Å². The van der Waals surface area contributed by atoms with Gasteiger partial charge in [0.1, 0.15) is 4.60 Å². The Morgan fingerprint density at radius 1 is 1.62 bits per heavy atom. The third kappa shape index (κ3) is 3.35. The van der Waals surface area contributed by atoms with Crippen molar-refractivity contribution in [2.45, 2.75) is 20.3 Å². The van der Waals surface area contributed by atoms with Gasteiger partial charge in [0.05, 0.1) is 5.69 Å². The first-order valence-corrected chi connectivity index (χ1v) is 5.37. The van der Waals surface area contributed by atoms with Crippen LogP contribution in [0.1, 0.15) is 20.3 Å². The molecule has 1 heterocycles. The van der Waals surface area contributed by atoms with Crippen LogP contribution < -0.4 is 5.32 Å². The smallest absolute Gasteiger partial charge is 0.129 e. The normalized spacial score (nSPS) is 12.5. The monoisotopic (exact) mass is 242 g/mol. The van der Waals surface area contributed by atoms with E-state index in [4.69, 9.17) is 0 Å². The van der Waals surface area contributed by atoms with E-state index >= 15 is 0 Å². The minimum Gasteiger partial charge on any atom is -0.383 e. The Labute approximate surface area is 87.9 Å². The molecule has 0 saturated heterocycles. The predicted molar refractivity (Wildman–Crippen MR) is 59.9 cm³/mol. The van der Waals surface area contributed by atoms with Crippen LogP contribution in [0.2, 0.25) is 0 Å². The quantitative estimate of drug-likeness (QED) is 0.820. The molecule has 0 fully saturated rings. The van der Waals surface area contributed by atoms with Crippen LogP contribution in [0.5, 0.6) is 0 Å². The van der Waals surface area contributed by atoms with Crippen LogP contribution in [0, 0.1) is 5.92 Å². The maximum Gasteiger partial charge on any atom is 0.129 e. The lowest BCUT2D eigenvalue weighted by Crippen LogP contribution is -2.10. The average molecular weight is 243 g/mol. The Bertz CT molecular complexity index is 263. The van der Waals surface area contributed by atoms with Gasteiger partial charge in [0, 0.05) is 12.7 Å². The Morgan fingerprint density at radius 2 is 2.38 bits per heavy atom. The second-order valence-corrected chi connectivity index (χ2v) is 3.99. The van der Waals surface area contributed by atoms with E-state index in [1.165, 1.54) is 6.42 Å². The molecule has 1 atom stereocenters. The van der Waals surface area contributed by atoms with Crippen LogP contribution in [0.25, 0.3) is 0 Å². The van der Waals surface area contributed by atoms with E-state index in [0.717, 1.165) is 16.8 Å². The van der Waals surface area contributed by atoms with Crippen molar-refractivity contribution in [1.82, 2.24) is 4.98 Å². The number of rotatable bonds is 4. The second-order valence-electron chi connectivity index (χ2n) is 3.24. The Morgan fingerprint density at radius 3 is 3.00 bits per heavy atom. The number of aromatic nitrogens is 1. The molecular weight excluding hydrogens is 228 g/mol. The first kappa shape index (κ1) is 10.5. The van der Waals surface area contributed by atoms with Gasteiger partial charge in [-0.2, -0.15) is 0 Å². The van der Waals surface area contributed by atoms with Gasteiger partial charge in [-0.15, -0.1) is 0 Å². The fourth-order valence-electron chi connectivity index (χ4n) is 0.946. The SMILES string of the molecule is CCC(C)CNc1cccnc1Br. The molecule has 0 aliphatic carbocycles. The molecule has 1 rings (SSSR count). The summed E-state index contributed by atoms with van der Waals surface area (Å²) in [7, 11) is 0. The van der Waals surface area contributed by atoms with Crippen LogP contribution in [0.3, 0.4) is 0 Å². The molecule has 1 unspecified atom stereocenters. The van der Waals surface area contributed by atoms with Crippen molar-refractivity contribution in [3.63, 3.8) is 0 Å². The molecule has 1 aromatic rings. The van der Waals surface area contributed by atoms with Gasteiger partial charge in [-0.3, -0.25) is 0 Å². The fraction of sp³-hybridized carbons (Fsp3) is 0.500. The lowest BCUT2D eigenvalue weighted by atomic mass is 10.1. The molecule has 13 heavy (non-hydrogen) atoms. The Balaban J connectivity index is 2.50. The summed E-state index contributed by atoms with van der Waals surface area (Å²) in [6.07, 6.45) is 2.98.